The minimum Gasteiger partial charge on any atom is -0.311 e. The number of nitrogens with zero attached hydrogens (tertiary/aromatic N) is 4. The van der Waals surface area contributed by atoms with Crippen LogP contribution in [0.5, 0.6) is 0 Å². The lowest BCUT2D eigenvalue weighted by Crippen LogP contribution is -2.62. The molecule has 0 fully saturated rings. The van der Waals surface area contributed by atoms with Crippen molar-refractivity contribution in [1.29, 1.82) is 0 Å². The molecular formula is C68H66BN4S+. The molecule has 0 atom stereocenters. The van der Waals surface area contributed by atoms with Gasteiger partial charge in [-0.05, 0) is 156 Å². The van der Waals surface area contributed by atoms with Gasteiger partial charge in [0.05, 0.1) is 23.8 Å². The zero-order valence-electron chi connectivity index (χ0n) is 45.7. The van der Waals surface area contributed by atoms with Crippen molar-refractivity contribution in [3.8, 4) is 11.1 Å². The number of benzene rings is 8. The molecule has 0 saturated heterocycles. The predicted molar refractivity (Wildman–Crippen MR) is 317 cm³/mol. The first-order chi connectivity index (χ1) is 35.0. The Balaban J connectivity index is 1.13. The monoisotopic (exact) mass is 982 g/mol. The first-order valence-corrected chi connectivity index (χ1v) is 27.7. The van der Waals surface area contributed by atoms with E-state index in [0.717, 1.165) is 6.42 Å². The molecule has 4 aliphatic rings. The van der Waals surface area contributed by atoms with E-state index in [2.05, 4.69) is 249 Å². The van der Waals surface area contributed by atoms with E-state index in [4.69, 9.17) is 0 Å². The Morgan fingerprint density at radius 2 is 1.09 bits per heavy atom. The maximum absolute atomic E-state index is 2.71. The van der Waals surface area contributed by atoms with Gasteiger partial charge in [0.25, 0.3) is 12.4 Å². The molecule has 8 aromatic carbocycles. The SMILES string of the molecule is Cc1cccc2c3ccc(-c4cc5c6c(c4)N4c7ccc(C(C)(C)C)cc7Sc7cc(C(C)(C)C)cc(c74)B6c4cc(C(C)(C)C)cc6c4N5c4ccc(C(C)(C)C)cc4C6)cc3n3c4ccccc4[n+](C)c3c12. The van der Waals surface area contributed by atoms with E-state index in [1.165, 1.54) is 149 Å². The van der Waals surface area contributed by atoms with Gasteiger partial charge in [0, 0.05) is 49.7 Å². The van der Waals surface area contributed by atoms with Crippen molar-refractivity contribution in [2.75, 3.05) is 9.80 Å². The quantitative estimate of drug-likeness (QED) is 0.0925. The zero-order valence-corrected chi connectivity index (χ0v) is 46.5. The lowest BCUT2D eigenvalue weighted by atomic mass is 9.32. The van der Waals surface area contributed by atoms with E-state index < -0.39 is 0 Å². The van der Waals surface area contributed by atoms with Crippen LogP contribution in [0.2, 0.25) is 0 Å². The lowest BCUT2D eigenvalue weighted by molar-refractivity contribution is -0.617. The summed E-state index contributed by atoms with van der Waals surface area (Å²) >= 11 is 1.97. The Bertz CT molecular complexity index is 4000. The maximum atomic E-state index is 2.71. The van der Waals surface area contributed by atoms with E-state index >= 15 is 0 Å². The molecule has 0 aliphatic carbocycles. The second kappa shape index (κ2) is 15.0. The van der Waals surface area contributed by atoms with Crippen molar-refractivity contribution in [1.82, 2.24) is 4.40 Å². The van der Waals surface area contributed by atoms with E-state index in [9.17, 15) is 0 Å². The third-order valence-electron chi connectivity index (χ3n) is 17.3. The van der Waals surface area contributed by atoms with Crippen LogP contribution in [-0.4, -0.2) is 11.1 Å². The minimum absolute atomic E-state index is 0.00859. The molecule has 0 spiro atoms. The van der Waals surface area contributed by atoms with Crippen molar-refractivity contribution in [3.05, 3.63) is 172 Å². The number of anilines is 6. The number of imidazole rings is 1. The van der Waals surface area contributed by atoms with Gasteiger partial charge < -0.3 is 9.80 Å². The molecule has 6 heterocycles. The molecule has 0 saturated carbocycles. The Morgan fingerprint density at radius 1 is 0.486 bits per heavy atom. The number of aryl methyl sites for hydroxylation is 2. The highest BCUT2D eigenvalue weighted by Gasteiger charge is 2.49. The van der Waals surface area contributed by atoms with Gasteiger partial charge in [0.2, 0.25) is 0 Å². The molecule has 4 aliphatic heterocycles. The number of aromatic nitrogens is 2. The number of pyridine rings is 1. The summed E-state index contributed by atoms with van der Waals surface area (Å²) in [6, 6.07) is 53.1. The fourth-order valence-electron chi connectivity index (χ4n) is 13.2. The molecule has 6 heteroatoms. The highest BCUT2D eigenvalue weighted by atomic mass is 32.2. The van der Waals surface area contributed by atoms with Gasteiger partial charge in [0.1, 0.15) is 5.52 Å². The maximum Gasteiger partial charge on any atom is 0.295 e. The molecule has 14 rings (SSSR count). The van der Waals surface area contributed by atoms with Crippen LogP contribution in [0, 0.1) is 6.92 Å². The number of fused-ring (bicyclic) bond motifs is 16. The number of hydrogen-bond donors (Lipinski definition) is 0. The Morgan fingerprint density at radius 3 is 1.80 bits per heavy atom. The summed E-state index contributed by atoms with van der Waals surface area (Å²) in [5, 5.41) is 3.85. The normalized spacial score (nSPS) is 14.7. The molecule has 366 valence electrons. The van der Waals surface area contributed by atoms with E-state index in [1.807, 2.05) is 11.8 Å². The number of para-hydroxylation sites is 2. The van der Waals surface area contributed by atoms with Gasteiger partial charge in [-0.3, -0.25) is 0 Å². The highest BCUT2D eigenvalue weighted by molar-refractivity contribution is 7.99. The van der Waals surface area contributed by atoms with Gasteiger partial charge in [0.15, 0.2) is 11.0 Å². The molecule has 74 heavy (non-hydrogen) atoms. The van der Waals surface area contributed by atoms with Crippen molar-refractivity contribution in [3.63, 3.8) is 0 Å². The molecular weight excluding hydrogens is 916 g/mol. The van der Waals surface area contributed by atoms with Crippen LogP contribution >= 0.6 is 11.8 Å². The van der Waals surface area contributed by atoms with Crippen LogP contribution in [0.25, 0.3) is 49.5 Å². The van der Waals surface area contributed by atoms with Crippen LogP contribution in [0.1, 0.15) is 122 Å². The standard InChI is InChI=1S/C68H66BN4S/c1-38-18-17-19-48-47-25-22-39(31-55(47)73-53-21-16-15-20-52(53)70(14)64(73)60(38)48)40-32-56-61-57(33-40)72-54-27-24-44(66(5,6)7)36-58(54)74-59-37-46(68(11,12)13)35-50(63(59)72)69(61)49-34-45(67(8,9)10)30-42-28-41-29-43(65(2,3)4)23-26-51(41)71(56)62(42)49/h15-27,29-37H,28H2,1-14H3/q+1. The van der Waals surface area contributed by atoms with Crippen LogP contribution in [0.15, 0.2) is 143 Å². The van der Waals surface area contributed by atoms with Crippen molar-refractivity contribution < 1.29 is 4.57 Å². The largest absolute Gasteiger partial charge is 0.311 e. The fraction of sp³-hybridized carbons (Fsp3) is 0.279. The second-order valence-electron chi connectivity index (χ2n) is 26.3. The molecule has 4 nitrogen and oxygen atoms in total. The fourth-order valence-corrected chi connectivity index (χ4v) is 14.4. The first kappa shape index (κ1) is 45.8. The van der Waals surface area contributed by atoms with Gasteiger partial charge in [-0.15, -0.1) is 0 Å². The molecule has 0 N–H and O–H groups in total. The van der Waals surface area contributed by atoms with Crippen LogP contribution in [0.4, 0.5) is 34.1 Å². The molecule has 2 aromatic heterocycles. The van der Waals surface area contributed by atoms with Crippen LogP contribution in [0.3, 0.4) is 0 Å². The lowest BCUT2D eigenvalue weighted by Gasteiger charge is -2.49. The summed E-state index contributed by atoms with van der Waals surface area (Å²) in [5.41, 5.74) is 28.9. The number of hydrogen-bond acceptors (Lipinski definition) is 3. The molecule has 0 unspecified atom stereocenters. The summed E-state index contributed by atoms with van der Waals surface area (Å²) < 4.78 is 4.93. The average molecular weight is 982 g/mol. The van der Waals surface area contributed by atoms with Gasteiger partial charge in [-0.25, -0.2) is 4.57 Å². The summed E-state index contributed by atoms with van der Waals surface area (Å²) in [5.74, 6) is 0. The smallest absolute Gasteiger partial charge is 0.295 e. The first-order valence-electron chi connectivity index (χ1n) is 26.9. The summed E-state index contributed by atoms with van der Waals surface area (Å²) in [6.45, 7) is 30.7. The van der Waals surface area contributed by atoms with Crippen LogP contribution < -0.4 is 30.8 Å². The van der Waals surface area contributed by atoms with Gasteiger partial charge in [-0.2, -0.15) is 4.40 Å². The molecule has 0 amide bonds. The minimum atomic E-state index is -0.0534. The molecule has 0 bridgehead atoms. The Kier molecular flexibility index (Phi) is 9.27. The van der Waals surface area contributed by atoms with Crippen LogP contribution in [-0.2, 0) is 35.1 Å². The molecule has 0 radical (unpaired) electrons. The third kappa shape index (κ3) is 6.39. The summed E-state index contributed by atoms with van der Waals surface area (Å²) in [7, 11) is 2.23. The Labute approximate surface area is 442 Å². The van der Waals surface area contributed by atoms with Gasteiger partial charge in [-0.1, -0.05) is 168 Å². The predicted octanol–water partition coefficient (Wildman–Crippen LogP) is 15.8. The average Bonchev–Trinajstić information content (AvgIpc) is 3.77. The number of rotatable bonds is 1. The zero-order chi connectivity index (χ0) is 51.4. The van der Waals surface area contributed by atoms with Gasteiger partial charge >= 0.3 is 0 Å². The third-order valence-corrected chi connectivity index (χ3v) is 18.3. The van der Waals surface area contributed by atoms with Crippen molar-refractivity contribution >= 4 is 107 Å². The summed E-state index contributed by atoms with van der Waals surface area (Å²) in [4.78, 5) is 8.05. The highest BCUT2D eigenvalue weighted by Crippen LogP contribution is 2.57. The molecule has 10 aromatic rings. The second-order valence-corrected chi connectivity index (χ2v) is 27.3. The summed E-state index contributed by atoms with van der Waals surface area (Å²) in [6.07, 6.45) is 0.901. The van der Waals surface area contributed by atoms with E-state index in [1.54, 1.807) is 0 Å². The topological polar surface area (TPSA) is 14.8 Å². The van der Waals surface area contributed by atoms with E-state index in [0.29, 0.717) is 0 Å². The van der Waals surface area contributed by atoms with E-state index in [-0.39, 0.29) is 28.4 Å². The van der Waals surface area contributed by atoms with Crippen molar-refractivity contribution in [2.45, 2.75) is 128 Å². The van der Waals surface area contributed by atoms with Crippen molar-refractivity contribution in [2.24, 2.45) is 7.05 Å². The Hall–Kier alpha value is -6.76.